The average Bonchev–Trinajstić information content (AvgIpc) is 3.38. The monoisotopic (exact) mass is 461 g/mol. The van der Waals surface area contributed by atoms with Gasteiger partial charge in [-0.3, -0.25) is 19.3 Å². The first-order chi connectivity index (χ1) is 15.8. The fraction of sp³-hybridized carbons (Fsp3) is 0.200. The quantitative estimate of drug-likeness (QED) is 0.417. The topological polar surface area (TPSA) is 82.9 Å². The summed E-state index contributed by atoms with van der Waals surface area (Å²) in [6.07, 6.45) is 1.46. The minimum absolute atomic E-state index is 0.0523. The van der Waals surface area contributed by atoms with Crippen LogP contribution in [0.2, 0.25) is 0 Å². The smallest absolute Gasteiger partial charge is 0.252 e. The minimum atomic E-state index is -0.787. The van der Waals surface area contributed by atoms with Crippen molar-refractivity contribution in [3.05, 3.63) is 83.8 Å². The van der Waals surface area contributed by atoms with E-state index < -0.39 is 6.04 Å². The second-order valence-corrected chi connectivity index (χ2v) is 8.21. The molecular weight excluding hydrogens is 438 g/mol. The summed E-state index contributed by atoms with van der Waals surface area (Å²) in [5.41, 5.74) is 2.83. The van der Waals surface area contributed by atoms with Crippen molar-refractivity contribution < 1.29 is 18.8 Å². The number of nitrogens with one attached hydrogen (secondary N) is 1. The Kier molecular flexibility index (Phi) is 6.37. The van der Waals surface area contributed by atoms with Gasteiger partial charge in [0.2, 0.25) is 5.91 Å². The number of aryl methyl sites for hydroxylation is 1. The molecule has 0 bridgehead atoms. The normalized spacial score (nSPS) is 15.8. The first-order valence-corrected chi connectivity index (χ1v) is 10.9. The van der Waals surface area contributed by atoms with Crippen molar-refractivity contribution in [1.29, 1.82) is 0 Å². The number of anilines is 2. The molecule has 7 nitrogen and oxygen atoms in total. The largest absolute Gasteiger partial charge is 0.467 e. The Morgan fingerprint density at radius 2 is 1.79 bits per heavy atom. The number of rotatable bonds is 7. The van der Waals surface area contributed by atoms with Crippen LogP contribution in [0.5, 0.6) is 0 Å². The first-order valence-electron chi connectivity index (χ1n) is 10.5. The van der Waals surface area contributed by atoms with Crippen LogP contribution in [0, 0.1) is 6.92 Å². The zero-order chi connectivity index (χ0) is 23.5. The van der Waals surface area contributed by atoms with E-state index in [1.165, 1.54) is 11.8 Å². The predicted octanol–water partition coefficient (Wildman–Crippen LogP) is 4.32. The number of amides is 2. The van der Waals surface area contributed by atoms with Crippen LogP contribution in [0.3, 0.4) is 0 Å². The summed E-state index contributed by atoms with van der Waals surface area (Å²) in [6, 6.07) is 17.0. The Bertz CT molecular complexity index is 1200. The number of thiocarbonyl (C=S) groups is 1. The van der Waals surface area contributed by atoms with Gasteiger partial charge in [0.05, 0.1) is 19.2 Å². The lowest BCUT2D eigenvalue weighted by Gasteiger charge is -2.25. The molecule has 33 heavy (non-hydrogen) atoms. The minimum Gasteiger partial charge on any atom is -0.467 e. The molecule has 1 saturated heterocycles. The maximum absolute atomic E-state index is 13.4. The molecule has 1 fully saturated rings. The molecule has 2 heterocycles. The van der Waals surface area contributed by atoms with Crippen molar-refractivity contribution in [2.45, 2.75) is 32.9 Å². The molecular formula is C25H23N3O4S. The van der Waals surface area contributed by atoms with Crippen molar-refractivity contribution in [2.75, 3.05) is 10.2 Å². The average molecular weight is 462 g/mol. The molecule has 8 heteroatoms. The lowest BCUT2D eigenvalue weighted by atomic mass is 10.1. The lowest BCUT2D eigenvalue weighted by molar-refractivity contribution is -0.129. The van der Waals surface area contributed by atoms with Gasteiger partial charge in [-0.2, -0.15) is 0 Å². The molecule has 1 aliphatic heterocycles. The summed E-state index contributed by atoms with van der Waals surface area (Å²) in [7, 11) is 0. The lowest BCUT2D eigenvalue weighted by Crippen LogP contribution is -2.38. The Hall–Kier alpha value is -3.78. The zero-order valence-corrected chi connectivity index (χ0v) is 19.1. The van der Waals surface area contributed by atoms with Gasteiger partial charge in [-0.25, -0.2) is 0 Å². The molecule has 0 aliphatic carbocycles. The van der Waals surface area contributed by atoms with Crippen molar-refractivity contribution in [2.24, 2.45) is 0 Å². The van der Waals surface area contributed by atoms with Gasteiger partial charge in [0, 0.05) is 16.9 Å². The van der Waals surface area contributed by atoms with Crippen LogP contribution in [0.25, 0.3) is 0 Å². The van der Waals surface area contributed by atoms with Gasteiger partial charge >= 0.3 is 0 Å². The van der Waals surface area contributed by atoms with E-state index in [2.05, 4.69) is 5.32 Å². The molecule has 2 amide bonds. The molecule has 1 aromatic heterocycles. The Morgan fingerprint density at radius 3 is 2.42 bits per heavy atom. The third kappa shape index (κ3) is 4.70. The number of hydrogen-bond donors (Lipinski definition) is 1. The SMILES string of the molecule is CC(=O)c1ccc(NC(=O)CC2C(=O)N(Cc3ccco3)C(=S)N2c2ccccc2C)cc1. The summed E-state index contributed by atoms with van der Waals surface area (Å²) < 4.78 is 5.40. The van der Waals surface area contributed by atoms with Crippen molar-refractivity contribution >= 4 is 46.3 Å². The van der Waals surface area contributed by atoms with Gasteiger partial charge in [0.15, 0.2) is 10.9 Å². The van der Waals surface area contributed by atoms with Crippen molar-refractivity contribution in [3.63, 3.8) is 0 Å². The molecule has 4 rings (SSSR count). The van der Waals surface area contributed by atoms with Gasteiger partial charge in [-0.1, -0.05) is 18.2 Å². The molecule has 1 N–H and O–H groups in total. The first kappa shape index (κ1) is 22.4. The standard InChI is InChI=1S/C25H23N3O4S/c1-16-6-3-4-8-21(16)28-22(24(31)27(25(28)33)15-20-7-5-13-32-20)14-23(30)26-19-11-9-18(10-12-19)17(2)29/h3-13,22H,14-15H2,1-2H3,(H,26,30). The number of hydrogen-bond acceptors (Lipinski definition) is 5. The van der Waals surface area contributed by atoms with Gasteiger partial charge < -0.3 is 14.6 Å². The van der Waals surface area contributed by atoms with E-state index in [-0.39, 0.29) is 30.6 Å². The van der Waals surface area contributed by atoms with Crippen molar-refractivity contribution in [1.82, 2.24) is 4.90 Å². The van der Waals surface area contributed by atoms with Crippen LogP contribution < -0.4 is 10.2 Å². The molecule has 3 aromatic rings. The highest BCUT2D eigenvalue weighted by Gasteiger charge is 2.44. The number of ketones is 1. The molecule has 1 unspecified atom stereocenters. The van der Waals surface area contributed by atoms with E-state index >= 15 is 0 Å². The molecule has 0 saturated carbocycles. The molecule has 0 spiro atoms. The van der Waals surface area contributed by atoms with Gasteiger partial charge in [0.25, 0.3) is 5.91 Å². The Labute approximate surface area is 197 Å². The number of Topliss-reactive ketones (excluding diaryl/α,β-unsaturated/α-hetero) is 1. The second-order valence-electron chi connectivity index (χ2n) is 7.84. The summed E-state index contributed by atoms with van der Waals surface area (Å²) in [5.74, 6) is -0.0403. The summed E-state index contributed by atoms with van der Waals surface area (Å²) in [6.45, 7) is 3.61. The number of furan rings is 1. The van der Waals surface area contributed by atoms with Crippen LogP contribution in [-0.4, -0.2) is 33.7 Å². The third-order valence-electron chi connectivity index (χ3n) is 5.52. The van der Waals surface area contributed by atoms with Crippen LogP contribution in [0.15, 0.2) is 71.3 Å². The summed E-state index contributed by atoms with van der Waals surface area (Å²) in [5, 5.41) is 3.14. The molecule has 1 atom stereocenters. The molecule has 0 radical (unpaired) electrons. The highest BCUT2D eigenvalue weighted by molar-refractivity contribution is 7.80. The highest BCUT2D eigenvalue weighted by Crippen LogP contribution is 2.31. The van der Waals surface area contributed by atoms with Crippen LogP contribution in [-0.2, 0) is 16.1 Å². The predicted molar refractivity (Wildman–Crippen MR) is 129 cm³/mol. The zero-order valence-electron chi connectivity index (χ0n) is 18.3. The maximum atomic E-state index is 13.4. The fourth-order valence-corrected chi connectivity index (χ4v) is 4.19. The van der Waals surface area contributed by atoms with Crippen molar-refractivity contribution in [3.8, 4) is 0 Å². The van der Waals surface area contributed by atoms with E-state index in [1.54, 1.807) is 47.6 Å². The second kappa shape index (κ2) is 9.38. The van der Waals surface area contributed by atoms with Crippen LogP contribution in [0.1, 0.15) is 35.0 Å². The van der Waals surface area contributed by atoms with E-state index in [9.17, 15) is 14.4 Å². The number of para-hydroxylation sites is 1. The number of benzene rings is 2. The Balaban J connectivity index is 1.58. The van der Waals surface area contributed by atoms with E-state index in [4.69, 9.17) is 16.6 Å². The highest BCUT2D eigenvalue weighted by atomic mass is 32.1. The van der Waals surface area contributed by atoms with Gasteiger partial charge in [-0.15, -0.1) is 0 Å². The van der Waals surface area contributed by atoms with Crippen LogP contribution in [0.4, 0.5) is 11.4 Å². The molecule has 2 aromatic carbocycles. The van der Waals surface area contributed by atoms with E-state index in [0.717, 1.165) is 11.3 Å². The van der Waals surface area contributed by atoms with E-state index in [0.29, 0.717) is 22.1 Å². The maximum Gasteiger partial charge on any atom is 0.252 e. The molecule has 1 aliphatic rings. The Morgan fingerprint density at radius 1 is 1.06 bits per heavy atom. The molecule has 168 valence electrons. The van der Waals surface area contributed by atoms with E-state index in [1.807, 2.05) is 31.2 Å². The number of carbonyl (C=O) groups excluding carboxylic acids is 3. The van der Waals surface area contributed by atoms with Crippen LogP contribution >= 0.6 is 12.2 Å². The summed E-state index contributed by atoms with van der Waals surface area (Å²) >= 11 is 5.68. The third-order valence-corrected chi connectivity index (χ3v) is 5.94. The van der Waals surface area contributed by atoms with Gasteiger partial charge in [-0.05, 0) is 74.1 Å². The summed E-state index contributed by atoms with van der Waals surface area (Å²) in [4.78, 5) is 41.0. The van der Waals surface area contributed by atoms with Gasteiger partial charge in [0.1, 0.15) is 11.8 Å². The number of carbonyl (C=O) groups is 3. The number of nitrogens with zero attached hydrogens (tertiary/aromatic N) is 2. The fourth-order valence-electron chi connectivity index (χ4n) is 3.81.